The fourth-order valence-corrected chi connectivity index (χ4v) is 3.36. The number of hydrogen-bond donors (Lipinski definition) is 2. The lowest BCUT2D eigenvalue weighted by atomic mass is 9.72. The highest BCUT2D eigenvalue weighted by Crippen LogP contribution is 2.36. The zero-order valence-corrected chi connectivity index (χ0v) is 14.6. The number of ether oxygens (including phenoxy) is 1. The molecule has 0 aromatic heterocycles. The van der Waals surface area contributed by atoms with E-state index in [1.165, 1.54) is 5.56 Å². The third-order valence-electron chi connectivity index (χ3n) is 4.05. The van der Waals surface area contributed by atoms with Crippen LogP contribution in [0.25, 0.3) is 0 Å². The van der Waals surface area contributed by atoms with Crippen molar-refractivity contribution < 1.29 is 4.74 Å². The standard InChI is InChI=1S/C19H30N2O/c1-18(2,3)13-19(4,5)14-6-9-16(10-7-14)22-12-15-8-11-17(20)21-15/h6-7,9-11,15,21H,8,12-13,20H2,1-5H3. The van der Waals surface area contributed by atoms with E-state index >= 15 is 0 Å². The van der Waals surface area contributed by atoms with E-state index in [-0.39, 0.29) is 11.5 Å². The number of nitrogens with two attached hydrogens (primary N) is 1. The van der Waals surface area contributed by atoms with E-state index < -0.39 is 0 Å². The Morgan fingerprint density at radius 3 is 2.27 bits per heavy atom. The third-order valence-corrected chi connectivity index (χ3v) is 4.05. The van der Waals surface area contributed by atoms with Crippen LogP contribution < -0.4 is 15.8 Å². The predicted molar refractivity (Wildman–Crippen MR) is 92.8 cm³/mol. The summed E-state index contributed by atoms with van der Waals surface area (Å²) in [4.78, 5) is 0. The Morgan fingerprint density at radius 2 is 1.77 bits per heavy atom. The molecule has 0 spiro atoms. The summed E-state index contributed by atoms with van der Waals surface area (Å²) in [6.45, 7) is 12.1. The van der Waals surface area contributed by atoms with E-state index in [2.05, 4.69) is 64.2 Å². The summed E-state index contributed by atoms with van der Waals surface area (Å²) < 4.78 is 5.86. The summed E-state index contributed by atoms with van der Waals surface area (Å²) in [6.07, 6.45) is 4.09. The molecule has 0 bridgehead atoms. The smallest absolute Gasteiger partial charge is 0.119 e. The highest BCUT2D eigenvalue weighted by Gasteiger charge is 2.27. The monoisotopic (exact) mass is 302 g/mol. The minimum Gasteiger partial charge on any atom is -0.491 e. The molecule has 0 radical (unpaired) electrons. The zero-order chi connectivity index (χ0) is 16.4. The van der Waals surface area contributed by atoms with Crippen molar-refractivity contribution in [3.05, 3.63) is 41.7 Å². The van der Waals surface area contributed by atoms with Crippen molar-refractivity contribution in [1.29, 1.82) is 0 Å². The van der Waals surface area contributed by atoms with Gasteiger partial charge >= 0.3 is 0 Å². The maximum absolute atomic E-state index is 5.86. The lowest BCUT2D eigenvalue weighted by Crippen LogP contribution is -2.31. The Kier molecular flexibility index (Phi) is 4.74. The summed E-state index contributed by atoms with van der Waals surface area (Å²) in [7, 11) is 0. The quantitative estimate of drug-likeness (QED) is 0.866. The van der Waals surface area contributed by atoms with E-state index in [1.54, 1.807) is 0 Å². The highest BCUT2D eigenvalue weighted by molar-refractivity contribution is 5.32. The molecule has 22 heavy (non-hydrogen) atoms. The van der Waals surface area contributed by atoms with Crippen molar-refractivity contribution in [3.8, 4) is 5.75 Å². The van der Waals surface area contributed by atoms with Crippen LogP contribution in [0.1, 0.15) is 53.0 Å². The average Bonchev–Trinajstić information content (AvgIpc) is 2.80. The maximum atomic E-state index is 5.86. The van der Waals surface area contributed by atoms with Gasteiger partial charge in [-0.2, -0.15) is 0 Å². The second-order valence-electron chi connectivity index (χ2n) is 8.19. The summed E-state index contributed by atoms with van der Waals surface area (Å²) in [5, 5.41) is 3.20. The Labute approximate surface area is 134 Å². The van der Waals surface area contributed by atoms with Gasteiger partial charge < -0.3 is 15.8 Å². The molecular weight excluding hydrogens is 272 g/mol. The van der Waals surface area contributed by atoms with Crippen molar-refractivity contribution in [2.45, 2.75) is 58.9 Å². The van der Waals surface area contributed by atoms with Crippen LogP contribution in [0.3, 0.4) is 0 Å². The van der Waals surface area contributed by atoms with Crippen molar-refractivity contribution in [2.24, 2.45) is 11.1 Å². The molecule has 3 nitrogen and oxygen atoms in total. The molecule has 1 aromatic carbocycles. The molecule has 1 aliphatic heterocycles. The summed E-state index contributed by atoms with van der Waals surface area (Å²) >= 11 is 0. The van der Waals surface area contributed by atoms with E-state index in [1.807, 2.05) is 6.08 Å². The SMILES string of the molecule is CC(C)(C)CC(C)(C)c1ccc(OCC2CC=C(N)N2)cc1. The summed E-state index contributed by atoms with van der Waals surface area (Å²) in [5.41, 5.74) is 7.56. The largest absolute Gasteiger partial charge is 0.491 e. The third kappa shape index (κ3) is 4.69. The van der Waals surface area contributed by atoms with Crippen molar-refractivity contribution >= 4 is 0 Å². The van der Waals surface area contributed by atoms with Crippen LogP contribution in [0.5, 0.6) is 5.75 Å². The van der Waals surface area contributed by atoms with E-state index in [9.17, 15) is 0 Å². The van der Waals surface area contributed by atoms with Gasteiger partial charge in [-0.25, -0.2) is 0 Å². The average molecular weight is 302 g/mol. The molecule has 1 unspecified atom stereocenters. The fourth-order valence-electron chi connectivity index (χ4n) is 3.36. The Morgan fingerprint density at radius 1 is 1.14 bits per heavy atom. The molecular formula is C19H30N2O. The molecule has 1 atom stereocenters. The van der Waals surface area contributed by atoms with Crippen molar-refractivity contribution in [1.82, 2.24) is 5.32 Å². The van der Waals surface area contributed by atoms with Crippen LogP contribution in [0.15, 0.2) is 36.2 Å². The van der Waals surface area contributed by atoms with E-state index in [4.69, 9.17) is 10.5 Å². The van der Waals surface area contributed by atoms with Gasteiger partial charge in [0, 0.05) is 0 Å². The molecule has 2 rings (SSSR count). The Hall–Kier alpha value is -1.64. The van der Waals surface area contributed by atoms with Gasteiger partial charge in [-0.1, -0.05) is 46.8 Å². The van der Waals surface area contributed by atoms with Gasteiger partial charge in [-0.15, -0.1) is 0 Å². The van der Waals surface area contributed by atoms with Crippen LogP contribution in [0.2, 0.25) is 0 Å². The number of hydrogen-bond acceptors (Lipinski definition) is 3. The van der Waals surface area contributed by atoms with Crippen molar-refractivity contribution in [2.75, 3.05) is 6.61 Å². The number of benzene rings is 1. The van der Waals surface area contributed by atoms with Gasteiger partial charge in [-0.05, 0) is 47.4 Å². The molecule has 3 heteroatoms. The Bertz CT molecular complexity index is 523. The van der Waals surface area contributed by atoms with Crippen molar-refractivity contribution in [3.63, 3.8) is 0 Å². The molecule has 0 saturated heterocycles. The fraction of sp³-hybridized carbons (Fsp3) is 0.579. The molecule has 122 valence electrons. The van der Waals surface area contributed by atoms with Crippen LogP contribution in [0.4, 0.5) is 0 Å². The number of rotatable bonds is 5. The van der Waals surface area contributed by atoms with Crippen LogP contribution in [0, 0.1) is 5.41 Å². The van der Waals surface area contributed by atoms with E-state index in [0.717, 1.165) is 24.4 Å². The molecule has 0 amide bonds. The highest BCUT2D eigenvalue weighted by atomic mass is 16.5. The summed E-state index contributed by atoms with van der Waals surface area (Å²) in [5.74, 6) is 1.68. The lowest BCUT2D eigenvalue weighted by molar-refractivity contribution is 0.276. The molecule has 0 saturated carbocycles. The zero-order valence-electron chi connectivity index (χ0n) is 14.6. The van der Waals surface area contributed by atoms with Gasteiger partial charge in [0.2, 0.25) is 0 Å². The van der Waals surface area contributed by atoms with Crippen LogP contribution in [-0.2, 0) is 5.41 Å². The maximum Gasteiger partial charge on any atom is 0.119 e. The van der Waals surface area contributed by atoms with Gasteiger partial charge in [0.25, 0.3) is 0 Å². The normalized spacial score (nSPS) is 18.8. The molecule has 0 fully saturated rings. The first-order valence-electron chi connectivity index (χ1n) is 8.11. The molecule has 1 aliphatic rings. The molecule has 0 aliphatic carbocycles. The lowest BCUT2D eigenvalue weighted by Gasteiger charge is -2.33. The van der Waals surface area contributed by atoms with Gasteiger partial charge in [0.15, 0.2) is 0 Å². The van der Waals surface area contributed by atoms with E-state index in [0.29, 0.717) is 12.0 Å². The predicted octanol–water partition coefficient (Wildman–Crippen LogP) is 3.94. The molecule has 3 N–H and O–H groups in total. The van der Waals surface area contributed by atoms with Crippen LogP contribution in [-0.4, -0.2) is 12.6 Å². The minimum absolute atomic E-state index is 0.169. The Balaban J connectivity index is 1.92. The van der Waals surface area contributed by atoms with Gasteiger partial charge in [0.05, 0.1) is 11.9 Å². The number of nitrogens with one attached hydrogen (secondary N) is 1. The first-order chi connectivity index (χ1) is 10.2. The van der Waals surface area contributed by atoms with Crippen LogP contribution >= 0.6 is 0 Å². The minimum atomic E-state index is 0.169. The van der Waals surface area contributed by atoms with Gasteiger partial charge in [0.1, 0.15) is 12.4 Å². The molecule has 1 aromatic rings. The first-order valence-corrected chi connectivity index (χ1v) is 8.11. The molecule has 1 heterocycles. The second kappa shape index (κ2) is 6.23. The first kappa shape index (κ1) is 16.7. The summed E-state index contributed by atoms with van der Waals surface area (Å²) in [6, 6.07) is 8.82. The topological polar surface area (TPSA) is 47.3 Å². The van der Waals surface area contributed by atoms with Gasteiger partial charge in [-0.3, -0.25) is 0 Å². The second-order valence-corrected chi connectivity index (χ2v) is 8.19.